The highest BCUT2D eigenvalue weighted by Gasteiger charge is 2.18. The second kappa shape index (κ2) is 17.4. The van der Waals surface area contributed by atoms with Gasteiger partial charge in [-0.3, -0.25) is 9.59 Å². The van der Waals surface area contributed by atoms with Gasteiger partial charge in [0, 0.05) is 38.2 Å². The third-order valence-electron chi connectivity index (χ3n) is 5.09. The summed E-state index contributed by atoms with van der Waals surface area (Å²) in [6, 6.07) is 16.1. The van der Waals surface area contributed by atoms with E-state index in [-0.39, 0.29) is 17.0 Å². The van der Waals surface area contributed by atoms with E-state index in [0.29, 0.717) is 13.2 Å². The van der Waals surface area contributed by atoms with E-state index in [1.807, 2.05) is 55.1 Å². The summed E-state index contributed by atoms with van der Waals surface area (Å²) < 4.78 is 5.03. The number of halogens is 1. The Hall–Kier alpha value is -2.02. The van der Waals surface area contributed by atoms with Crippen molar-refractivity contribution in [3.05, 3.63) is 65.2 Å². The summed E-state index contributed by atoms with van der Waals surface area (Å²) in [5.41, 5.74) is 4.29. The summed E-state index contributed by atoms with van der Waals surface area (Å²) in [7, 11) is 1.62. The minimum atomic E-state index is -0.0962. The fraction of sp³-hybridized carbons (Fsp3) is 0.481. The quantitative estimate of drug-likeness (QED) is 0.319. The molecule has 0 spiro atoms. The van der Waals surface area contributed by atoms with Crippen LogP contribution in [0.15, 0.2) is 48.5 Å². The minimum Gasteiger partial charge on any atom is -0.383 e. The van der Waals surface area contributed by atoms with Gasteiger partial charge in [0.05, 0.1) is 6.61 Å². The average molecular weight is 507 g/mol. The van der Waals surface area contributed by atoms with Crippen molar-refractivity contribution in [1.29, 1.82) is 0 Å². The molecule has 0 atom stereocenters. The van der Waals surface area contributed by atoms with E-state index in [2.05, 4.69) is 26.0 Å². The molecule has 0 heterocycles. The predicted molar refractivity (Wildman–Crippen MR) is 146 cm³/mol. The number of aryl methyl sites for hydroxylation is 2. The van der Waals surface area contributed by atoms with Crippen LogP contribution in [0.2, 0.25) is 0 Å². The Morgan fingerprint density at radius 2 is 1.50 bits per heavy atom. The van der Waals surface area contributed by atoms with Crippen molar-refractivity contribution in [3.63, 3.8) is 0 Å². The smallest absolute Gasteiger partial charge is 0.281 e. The van der Waals surface area contributed by atoms with Crippen molar-refractivity contribution in [2.75, 3.05) is 44.1 Å². The third-order valence-corrected chi connectivity index (χ3v) is 6.31. The van der Waals surface area contributed by atoms with Gasteiger partial charge in [-0.05, 0) is 43.4 Å². The zero-order valence-corrected chi connectivity index (χ0v) is 22.8. The standard InChI is InChI=1S/C14H21NOS.C13H18ClNO2/c1-3-10-15(11-4-2)14(16)17-12-13-8-6-5-7-9-13;1-10-5-4-6-11(2)13(10)15(7-8-17-3)12(16)9-14/h5-9H,3-4,10-12H2,1-2H3;4-6H,7-9H2,1-3H3. The molecule has 7 heteroatoms. The first kappa shape index (κ1) is 30.0. The lowest BCUT2D eigenvalue weighted by Crippen LogP contribution is -2.35. The lowest BCUT2D eigenvalue weighted by molar-refractivity contribution is -0.116. The van der Waals surface area contributed by atoms with E-state index in [0.717, 1.165) is 48.5 Å². The lowest BCUT2D eigenvalue weighted by atomic mass is 10.1. The molecule has 0 fully saturated rings. The summed E-state index contributed by atoms with van der Waals surface area (Å²) in [5, 5.41) is 0.206. The Kier molecular flexibility index (Phi) is 15.4. The molecule has 0 aliphatic carbocycles. The van der Waals surface area contributed by atoms with Crippen LogP contribution >= 0.6 is 23.4 Å². The number of ether oxygens (including phenoxy) is 1. The number of benzene rings is 2. The predicted octanol–water partition coefficient (Wildman–Crippen LogP) is 6.68. The van der Waals surface area contributed by atoms with Gasteiger partial charge in [0.15, 0.2) is 0 Å². The number of carbonyl (C=O) groups is 2. The number of hydrogen-bond acceptors (Lipinski definition) is 4. The average Bonchev–Trinajstić information content (AvgIpc) is 2.84. The number of alkyl halides is 1. The molecule has 2 rings (SSSR count). The van der Waals surface area contributed by atoms with Crippen LogP contribution in [0.5, 0.6) is 0 Å². The van der Waals surface area contributed by atoms with Gasteiger partial charge in [-0.25, -0.2) is 0 Å². The largest absolute Gasteiger partial charge is 0.383 e. The van der Waals surface area contributed by atoms with Crippen molar-refractivity contribution < 1.29 is 14.3 Å². The molecule has 0 bridgehead atoms. The first-order valence-electron chi connectivity index (χ1n) is 11.8. The molecule has 0 aliphatic rings. The highest BCUT2D eigenvalue weighted by Crippen LogP contribution is 2.24. The number of amides is 2. The highest BCUT2D eigenvalue weighted by molar-refractivity contribution is 8.12. The summed E-state index contributed by atoms with van der Waals surface area (Å²) in [5.74, 6) is 0.655. The minimum absolute atomic E-state index is 0.0164. The van der Waals surface area contributed by atoms with Gasteiger partial charge in [0.25, 0.3) is 5.24 Å². The fourth-order valence-corrected chi connectivity index (χ4v) is 4.48. The van der Waals surface area contributed by atoms with Crippen LogP contribution < -0.4 is 4.90 Å². The SMILES string of the molecule is CCCN(CCC)C(=O)SCc1ccccc1.COCCN(C(=O)CCl)c1c(C)cccc1C. The lowest BCUT2D eigenvalue weighted by Gasteiger charge is -2.25. The molecule has 0 saturated heterocycles. The number of anilines is 1. The van der Waals surface area contributed by atoms with Crippen LogP contribution in [0, 0.1) is 13.8 Å². The Balaban J connectivity index is 0.000000340. The van der Waals surface area contributed by atoms with E-state index >= 15 is 0 Å². The third kappa shape index (κ3) is 10.5. The molecule has 0 unspecified atom stereocenters. The van der Waals surface area contributed by atoms with Gasteiger partial charge in [-0.1, -0.05) is 74.1 Å². The van der Waals surface area contributed by atoms with E-state index in [1.54, 1.807) is 12.0 Å². The number of methoxy groups -OCH3 is 1. The molecule has 0 aromatic heterocycles. The molecule has 5 nitrogen and oxygen atoms in total. The number of carbonyl (C=O) groups excluding carboxylic acids is 2. The van der Waals surface area contributed by atoms with Gasteiger partial charge >= 0.3 is 0 Å². The molecule has 2 aromatic carbocycles. The molecule has 34 heavy (non-hydrogen) atoms. The number of rotatable bonds is 11. The van der Waals surface area contributed by atoms with Gasteiger partial charge in [-0.2, -0.15) is 0 Å². The van der Waals surface area contributed by atoms with Crippen molar-refractivity contribution in [2.45, 2.75) is 46.3 Å². The van der Waals surface area contributed by atoms with Crippen LogP contribution in [0.1, 0.15) is 43.4 Å². The number of hydrogen-bond donors (Lipinski definition) is 0. The zero-order chi connectivity index (χ0) is 25.3. The Morgan fingerprint density at radius 1 is 0.912 bits per heavy atom. The van der Waals surface area contributed by atoms with Gasteiger partial charge in [-0.15, -0.1) is 11.6 Å². The van der Waals surface area contributed by atoms with E-state index in [1.165, 1.54) is 17.3 Å². The maximum Gasteiger partial charge on any atom is 0.281 e. The summed E-state index contributed by atoms with van der Waals surface area (Å²) >= 11 is 7.05. The van der Waals surface area contributed by atoms with Crippen LogP contribution in [-0.4, -0.2) is 55.3 Å². The number of nitrogens with zero attached hydrogens (tertiary/aromatic N) is 2. The monoisotopic (exact) mass is 506 g/mol. The molecule has 0 radical (unpaired) electrons. The first-order chi connectivity index (χ1) is 16.4. The summed E-state index contributed by atoms with van der Waals surface area (Å²) in [4.78, 5) is 27.5. The molecule has 2 amide bonds. The molecule has 0 aliphatic heterocycles. The molecule has 0 N–H and O–H groups in total. The van der Waals surface area contributed by atoms with E-state index in [9.17, 15) is 9.59 Å². The van der Waals surface area contributed by atoms with Crippen LogP contribution in [-0.2, 0) is 15.3 Å². The molecule has 0 saturated carbocycles. The molecular formula is C27H39ClN2O3S. The van der Waals surface area contributed by atoms with Crippen molar-refractivity contribution in [3.8, 4) is 0 Å². The topological polar surface area (TPSA) is 49.9 Å². The molecular weight excluding hydrogens is 468 g/mol. The molecule has 188 valence electrons. The van der Waals surface area contributed by atoms with E-state index in [4.69, 9.17) is 16.3 Å². The Bertz CT molecular complexity index is 838. The normalized spacial score (nSPS) is 10.3. The summed E-state index contributed by atoms with van der Waals surface area (Å²) in [6.07, 6.45) is 2.05. The molecule has 2 aromatic rings. The van der Waals surface area contributed by atoms with Crippen molar-refractivity contribution in [2.24, 2.45) is 0 Å². The summed E-state index contributed by atoms with van der Waals surface area (Å²) in [6.45, 7) is 11.0. The van der Waals surface area contributed by atoms with Crippen LogP contribution in [0.4, 0.5) is 10.5 Å². The van der Waals surface area contributed by atoms with Crippen molar-refractivity contribution in [1.82, 2.24) is 4.90 Å². The van der Waals surface area contributed by atoms with Gasteiger partial charge in [0.1, 0.15) is 5.88 Å². The highest BCUT2D eigenvalue weighted by atomic mass is 35.5. The van der Waals surface area contributed by atoms with Gasteiger partial charge in [0.2, 0.25) is 5.91 Å². The van der Waals surface area contributed by atoms with Gasteiger partial charge < -0.3 is 14.5 Å². The number of para-hydroxylation sites is 1. The number of thioether (sulfide) groups is 1. The van der Waals surface area contributed by atoms with Crippen LogP contribution in [0.25, 0.3) is 0 Å². The second-order valence-electron chi connectivity index (χ2n) is 7.94. The Morgan fingerprint density at radius 3 is 2.00 bits per heavy atom. The zero-order valence-electron chi connectivity index (χ0n) is 21.2. The van der Waals surface area contributed by atoms with Crippen molar-refractivity contribution >= 4 is 40.2 Å². The first-order valence-corrected chi connectivity index (χ1v) is 13.3. The fourth-order valence-electron chi connectivity index (χ4n) is 3.49. The second-order valence-corrected chi connectivity index (χ2v) is 9.13. The van der Waals surface area contributed by atoms with E-state index < -0.39 is 0 Å². The Labute approximate surface area is 214 Å². The maximum atomic E-state index is 12.0. The van der Waals surface area contributed by atoms with Crippen LogP contribution in [0.3, 0.4) is 0 Å². The maximum absolute atomic E-state index is 12.0.